The second-order valence-corrected chi connectivity index (χ2v) is 4.28. The van der Waals surface area contributed by atoms with Crippen LogP contribution in [-0.2, 0) is 9.53 Å². The van der Waals surface area contributed by atoms with Gasteiger partial charge in [-0.3, -0.25) is 4.79 Å². The fourth-order valence-corrected chi connectivity index (χ4v) is 2.85. The highest BCUT2D eigenvalue weighted by atomic mass is 16.5. The van der Waals surface area contributed by atoms with Crippen molar-refractivity contribution in [2.75, 3.05) is 6.61 Å². The summed E-state index contributed by atoms with van der Waals surface area (Å²) >= 11 is 0. The van der Waals surface area contributed by atoms with Gasteiger partial charge in [0.15, 0.2) is 0 Å². The van der Waals surface area contributed by atoms with Gasteiger partial charge in [-0.25, -0.2) is 0 Å². The van der Waals surface area contributed by atoms with Crippen LogP contribution in [0, 0.1) is 17.8 Å². The van der Waals surface area contributed by atoms with E-state index in [1.54, 1.807) is 0 Å². The maximum atomic E-state index is 11.7. The summed E-state index contributed by atoms with van der Waals surface area (Å²) in [6, 6.07) is 0. The largest absolute Gasteiger partial charge is 0.466 e. The second kappa shape index (κ2) is 4.16. The molecule has 2 aliphatic rings. The number of carbonyl (C=O) groups excluding carboxylic acids is 1. The van der Waals surface area contributed by atoms with Gasteiger partial charge in [0.05, 0.1) is 12.5 Å². The molecule has 0 aromatic rings. The van der Waals surface area contributed by atoms with Crippen LogP contribution in [0.5, 0.6) is 0 Å². The quantitative estimate of drug-likeness (QED) is 0.499. The minimum absolute atomic E-state index is 0.0220. The lowest BCUT2D eigenvalue weighted by Crippen LogP contribution is -2.29. The third kappa shape index (κ3) is 1.70. The van der Waals surface area contributed by atoms with E-state index < -0.39 is 0 Å². The molecule has 0 heterocycles. The Kier molecular flexibility index (Phi) is 2.90. The van der Waals surface area contributed by atoms with Crippen LogP contribution in [0.4, 0.5) is 0 Å². The van der Waals surface area contributed by atoms with Crippen LogP contribution >= 0.6 is 0 Å². The van der Waals surface area contributed by atoms with E-state index in [0.29, 0.717) is 18.4 Å². The molecule has 1 saturated carbocycles. The van der Waals surface area contributed by atoms with Gasteiger partial charge in [0.2, 0.25) is 0 Å². The summed E-state index contributed by atoms with van der Waals surface area (Å²) < 4.78 is 5.12. The summed E-state index contributed by atoms with van der Waals surface area (Å²) in [4.78, 5) is 11.7. The van der Waals surface area contributed by atoms with E-state index in [-0.39, 0.29) is 11.9 Å². The minimum Gasteiger partial charge on any atom is -0.466 e. The van der Waals surface area contributed by atoms with Crippen molar-refractivity contribution in [2.24, 2.45) is 17.8 Å². The van der Waals surface area contributed by atoms with Gasteiger partial charge in [0.25, 0.3) is 0 Å². The molecule has 3 unspecified atom stereocenters. The maximum Gasteiger partial charge on any atom is 0.309 e. The van der Waals surface area contributed by atoms with Gasteiger partial charge in [0.1, 0.15) is 0 Å². The van der Waals surface area contributed by atoms with Crippen LogP contribution in [0.15, 0.2) is 12.2 Å². The van der Waals surface area contributed by atoms with E-state index in [4.69, 9.17) is 4.74 Å². The Morgan fingerprint density at radius 1 is 1.50 bits per heavy atom. The van der Waals surface area contributed by atoms with Crippen molar-refractivity contribution in [2.45, 2.75) is 32.6 Å². The first-order valence-corrected chi connectivity index (χ1v) is 5.66. The molecule has 78 valence electrons. The monoisotopic (exact) mass is 194 g/mol. The highest BCUT2D eigenvalue weighted by Crippen LogP contribution is 2.42. The number of ether oxygens (including phenoxy) is 1. The molecular formula is C12H18O2. The van der Waals surface area contributed by atoms with Crippen molar-refractivity contribution >= 4 is 5.97 Å². The number of hydrogen-bond acceptors (Lipinski definition) is 2. The Balaban J connectivity index is 2.04. The normalized spacial score (nSPS) is 35.4. The molecule has 1 fully saturated rings. The van der Waals surface area contributed by atoms with Crippen molar-refractivity contribution in [1.82, 2.24) is 0 Å². The average Bonchev–Trinajstić information content (AvgIpc) is 2.65. The van der Waals surface area contributed by atoms with Gasteiger partial charge in [0, 0.05) is 0 Å². The second-order valence-electron chi connectivity index (χ2n) is 4.28. The molecule has 2 rings (SSSR count). The Morgan fingerprint density at radius 2 is 2.36 bits per heavy atom. The zero-order valence-electron chi connectivity index (χ0n) is 8.74. The molecule has 2 heteroatoms. The van der Waals surface area contributed by atoms with E-state index >= 15 is 0 Å². The lowest BCUT2D eigenvalue weighted by Gasteiger charge is -2.28. The van der Waals surface area contributed by atoms with Crippen molar-refractivity contribution in [1.29, 1.82) is 0 Å². The molecule has 14 heavy (non-hydrogen) atoms. The molecular weight excluding hydrogens is 176 g/mol. The fraction of sp³-hybridized carbons (Fsp3) is 0.750. The molecule has 0 amide bonds. The van der Waals surface area contributed by atoms with E-state index in [2.05, 4.69) is 12.2 Å². The van der Waals surface area contributed by atoms with Crippen molar-refractivity contribution in [3.63, 3.8) is 0 Å². The highest BCUT2D eigenvalue weighted by Gasteiger charge is 2.38. The van der Waals surface area contributed by atoms with Crippen LogP contribution in [-0.4, -0.2) is 12.6 Å². The number of hydrogen-bond donors (Lipinski definition) is 0. The summed E-state index contributed by atoms with van der Waals surface area (Å²) in [5, 5.41) is 0. The number of fused-ring (bicyclic) bond motifs is 1. The van der Waals surface area contributed by atoms with Gasteiger partial charge >= 0.3 is 5.97 Å². The summed E-state index contributed by atoms with van der Waals surface area (Å²) in [6.07, 6.45) is 9.09. The van der Waals surface area contributed by atoms with Crippen LogP contribution in [0.1, 0.15) is 32.6 Å². The Hall–Kier alpha value is -0.790. The molecule has 0 aliphatic heterocycles. The van der Waals surface area contributed by atoms with Gasteiger partial charge in [-0.2, -0.15) is 0 Å². The first-order chi connectivity index (χ1) is 6.83. The van der Waals surface area contributed by atoms with Gasteiger partial charge in [-0.1, -0.05) is 18.6 Å². The molecule has 0 N–H and O–H groups in total. The van der Waals surface area contributed by atoms with E-state index in [9.17, 15) is 4.79 Å². The Bertz CT molecular complexity index is 245. The Labute approximate surface area is 85.3 Å². The first kappa shape index (κ1) is 9.75. The van der Waals surface area contributed by atoms with Gasteiger partial charge < -0.3 is 4.74 Å². The lowest BCUT2D eigenvalue weighted by molar-refractivity contribution is -0.150. The topological polar surface area (TPSA) is 26.3 Å². The SMILES string of the molecule is CCOC(=O)C1CC=CC2CCCC21. The third-order valence-corrected chi connectivity index (χ3v) is 3.50. The lowest BCUT2D eigenvalue weighted by atomic mass is 9.78. The van der Waals surface area contributed by atoms with Crippen LogP contribution < -0.4 is 0 Å². The number of esters is 1. The summed E-state index contributed by atoms with van der Waals surface area (Å²) in [5.41, 5.74) is 0. The van der Waals surface area contributed by atoms with E-state index in [1.807, 2.05) is 6.92 Å². The smallest absolute Gasteiger partial charge is 0.309 e. The Morgan fingerprint density at radius 3 is 3.14 bits per heavy atom. The molecule has 0 aromatic heterocycles. The summed E-state index contributed by atoms with van der Waals surface area (Å²) in [5.74, 6) is 1.39. The average molecular weight is 194 g/mol. The highest BCUT2D eigenvalue weighted by molar-refractivity contribution is 5.73. The first-order valence-electron chi connectivity index (χ1n) is 5.66. The standard InChI is InChI=1S/C12H18O2/c1-2-14-12(13)11-8-4-6-9-5-3-7-10(9)11/h4,6,9-11H,2-3,5,7-8H2,1H3. The van der Waals surface area contributed by atoms with Gasteiger partial charge in [-0.05, 0) is 38.0 Å². The van der Waals surface area contributed by atoms with Crippen LogP contribution in [0.25, 0.3) is 0 Å². The molecule has 2 nitrogen and oxygen atoms in total. The van der Waals surface area contributed by atoms with Crippen LogP contribution in [0.3, 0.4) is 0 Å². The molecule has 0 saturated heterocycles. The molecule has 0 bridgehead atoms. The minimum atomic E-state index is 0.0220. The third-order valence-electron chi connectivity index (χ3n) is 3.50. The molecule has 2 aliphatic carbocycles. The maximum absolute atomic E-state index is 11.7. The number of allylic oxidation sites excluding steroid dienone is 2. The van der Waals surface area contributed by atoms with Gasteiger partial charge in [-0.15, -0.1) is 0 Å². The van der Waals surface area contributed by atoms with E-state index in [0.717, 1.165) is 6.42 Å². The predicted octanol–water partition coefficient (Wildman–Crippen LogP) is 2.54. The molecule has 3 atom stereocenters. The molecule has 0 aromatic carbocycles. The van der Waals surface area contributed by atoms with Crippen molar-refractivity contribution in [3.05, 3.63) is 12.2 Å². The molecule has 0 radical (unpaired) electrons. The summed E-state index contributed by atoms with van der Waals surface area (Å²) in [7, 11) is 0. The van der Waals surface area contributed by atoms with E-state index in [1.165, 1.54) is 19.3 Å². The zero-order chi connectivity index (χ0) is 9.97. The fourth-order valence-electron chi connectivity index (χ4n) is 2.85. The molecule has 0 spiro atoms. The summed E-state index contributed by atoms with van der Waals surface area (Å²) in [6.45, 7) is 2.39. The number of rotatable bonds is 2. The van der Waals surface area contributed by atoms with Crippen molar-refractivity contribution in [3.8, 4) is 0 Å². The van der Waals surface area contributed by atoms with Crippen molar-refractivity contribution < 1.29 is 9.53 Å². The number of carbonyl (C=O) groups is 1. The zero-order valence-corrected chi connectivity index (χ0v) is 8.74. The van der Waals surface area contributed by atoms with Crippen LogP contribution in [0.2, 0.25) is 0 Å². The predicted molar refractivity (Wildman–Crippen MR) is 54.7 cm³/mol.